The molecule has 0 aromatic carbocycles. The van der Waals surface area contributed by atoms with Gasteiger partial charge in [-0.3, -0.25) is 9.59 Å². The number of rotatable bonds is 4. The van der Waals surface area contributed by atoms with Crippen LogP contribution in [0.2, 0.25) is 0 Å². The minimum atomic E-state index is -1.17. The molecule has 0 unspecified atom stereocenters. The van der Waals surface area contributed by atoms with Gasteiger partial charge in [0.05, 0.1) is 0 Å². The van der Waals surface area contributed by atoms with Gasteiger partial charge in [-0.15, -0.1) is 0 Å². The van der Waals surface area contributed by atoms with Crippen LogP contribution in [-0.4, -0.2) is 41.2 Å². The monoisotopic (exact) mass is 562 g/mol. The largest absolute Gasteiger partial charge is 3.00 e. The second-order valence-electron chi connectivity index (χ2n) is 2.83. The number of thiocarbonyl (C=S) groups is 3. The standard InChI is InChI=1S/C5H9NO4.3CH3NS2.La/c6-3(5(9)10)1-2-4(7)8;3*2-1(3)4;/h3H,1-2,6H2,(H,7,8)(H,9,10);3*(H3,2,3,4);/q;;;;+3/p-3/t3-;;;;/m0..../s1. The van der Waals surface area contributed by atoms with E-state index in [0.29, 0.717) is 0 Å². The zero-order chi connectivity index (χ0) is 18.9. The normalized spacial score (nSPS) is 8.57. The molecule has 0 aromatic rings. The maximum Gasteiger partial charge on any atom is 3.00 e. The van der Waals surface area contributed by atoms with Crippen LogP contribution in [0, 0.1) is 35.6 Å². The first-order chi connectivity index (χ1) is 9.73. The van der Waals surface area contributed by atoms with E-state index in [0.717, 1.165) is 0 Å². The summed E-state index contributed by atoms with van der Waals surface area (Å²) in [5.41, 5.74) is 19.0. The number of carbonyl (C=O) groups is 2. The molecule has 0 fully saturated rings. The second-order valence-corrected chi connectivity index (χ2v) is 6.25. The second kappa shape index (κ2) is 24.7. The Kier molecular flexibility index (Phi) is 37.2. The summed E-state index contributed by atoms with van der Waals surface area (Å²) < 4.78 is 0.250. The van der Waals surface area contributed by atoms with E-state index in [1.54, 1.807) is 0 Å². The van der Waals surface area contributed by atoms with Crippen LogP contribution in [0.5, 0.6) is 0 Å². The van der Waals surface area contributed by atoms with Crippen LogP contribution in [0.1, 0.15) is 12.8 Å². The van der Waals surface area contributed by atoms with Gasteiger partial charge in [-0.05, 0) is 6.42 Å². The van der Waals surface area contributed by atoms with Gasteiger partial charge in [0.2, 0.25) is 0 Å². The van der Waals surface area contributed by atoms with E-state index in [1.165, 1.54) is 0 Å². The van der Waals surface area contributed by atoms with Crippen molar-refractivity contribution < 1.29 is 55.4 Å². The number of hydrogen-bond donors (Lipinski definition) is 6. The van der Waals surface area contributed by atoms with E-state index < -0.39 is 18.0 Å². The number of hydrogen-bond acceptors (Lipinski definition) is 9. The molecule has 0 aliphatic carbocycles. The Labute approximate surface area is 194 Å². The molecular formula is C8H15LaN4O4S6. The van der Waals surface area contributed by atoms with Crippen molar-refractivity contribution in [2.45, 2.75) is 18.9 Å². The van der Waals surface area contributed by atoms with Crippen LogP contribution >= 0.6 is 36.7 Å². The molecule has 10 N–H and O–H groups in total. The Morgan fingerprint density at radius 1 is 0.913 bits per heavy atom. The van der Waals surface area contributed by atoms with Crippen LogP contribution in [0.25, 0.3) is 0 Å². The summed E-state index contributed by atoms with van der Waals surface area (Å²) in [6.07, 6.45) is -0.224. The third-order valence-electron chi connectivity index (χ3n) is 0.986. The molecule has 130 valence electrons. The van der Waals surface area contributed by atoms with Crippen LogP contribution in [0.15, 0.2) is 0 Å². The van der Waals surface area contributed by atoms with Gasteiger partial charge in [-0.1, -0.05) is 13.0 Å². The topological polar surface area (TPSA) is 179 Å². The van der Waals surface area contributed by atoms with Gasteiger partial charge in [0, 0.05) is 6.42 Å². The van der Waals surface area contributed by atoms with E-state index in [9.17, 15) is 9.59 Å². The number of carboxylic acid groups (broad SMARTS) is 2. The minimum absolute atomic E-state index is 0. The summed E-state index contributed by atoms with van der Waals surface area (Å²) in [6.45, 7) is 0. The summed E-state index contributed by atoms with van der Waals surface area (Å²) in [5, 5.41) is 16.3. The predicted molar refractivity (Wildman–Crippen MR) is 105 cm³/mol. The fraction of sp³-hybridized carbons (Fsp3) is 0.375. The molecule has 0 saturated heterocycles. The van der Waals surface area contributed by atoms with Crippen molar-refractivity contribution in [1.82, 2.24) is 0 Å². The fourth-order valence-electron chi connectivity index (χ4n) is 0.402. The third kappa shape index (κ3) is 105. The maximum atomic E-state index is 9.99. The maximum absolute atomic E-state index is 9.99. The fourth-order valence-corrected chi connectivity index (χ4v) is 0.402. The molecule has 0 spiro atoms. The average Bonchev–Trinajstić information content (AvgIpc) is 2.22. The summed E-state index contributed by atoms with van der Waals surface area (Å²) in [4.78, 5) is 19.9. The quantitative estimate of drug-likeness (QED) is 0.174. The Balaban J connectivity index is -0.0000000700. The van der Waals surface area contributed by atoms with Crippen LogP contribution < -0.4 is 22.9 Å². The van der Waals surface area contributed by atoms with Crippen molar-refractivity contribution in [3.63, 3.8) is 0 Å². The molecule has 0 aliphatic heterocycles. The molecule has 0 aliphatic rings. The minimum Gasteiger partial charge on any atom is -0.481 e. The van der Waals surface area contributed by atoms with Crippen LogP contribution in [-0.2, 0) is 47.5 Å². The van der Waals surface area contributed by atoms with Gasteiger partial charge >= 0.3 is 47.5 Å². The predicted octanol–water partition coefficient (Wildman–Crippen LogP) is -1.41. The summed E-state index contributed by atoms with van der Waals surface area (Å²) in [7, 11) is 0. The van der Waals surface area contributed by atoms with E-state index in [-0.39, 0.29) is 61.4 Å². The van der Waals surface area contributed by atoms with Crippen LogP contribution in [0.4, 0.5) is 0 Å². The van der Waals surface area contributed by atoms with Gasteiger partial charge in [0.1, 0.15) is 6.04 Å². The average molecular weight is 563 g/mol. The van der Waals surface area contributed by atoms with Gasteiger partial charge in [0.15, 0.2) is 0 Å². The molecule has 0 saturated carbocycles. The van der Waals surface area contributed by atoms with Crippen molar-refractivity contribution in [1.29, 1.82) is 0 Å². The Hall–Kier alpha value is 0.425. The summed E-state index contributed by atoms with van der Waals surface area (Å²) in [5.74, 6) is -2.20. The van der Waals surface area contributed by atoms with E-state index in [1.807, 2.05) is 0 Å². The molecule has 15 heteroatoms. The Morgan fingerprint density at radius 3 is 1.26 bits per heavy atom. The molecule has 0 rings (SSSR count). The molecule has 0 heterocycles. The first kappa shape index (κ1) is 34.7. The molecule has 0 amide bonds. The zero-order valence-corrected chi connectivity index (χ0v) is 20.1. The van der Waals surface area contributed by atoms with Gasteiger partial charge in [0.25, 0.3) is 0 Å². The molecule has 0 radical (unpaired) electrons. The molecule has 23 heavy (non-hydrogen) atoms. The van der Waals surface area contributed by atoms with Crippen molar-refractivity contribution in [2.75, 3.05) is 0 Å². The van der Waals surface area contributed by atoms with E-state index in [4.69, 9.17) is 15.9 Å². The molecule has 8 nitrogen and oxygen atoms in total. The Bertz CT molecular complexity index is 347. The van der Waals surface area contributed by atoms with Crippen molar-refractivity contribution >= 4 is 99.4 Å². The molecule has 0 bridgehead atoms. The number of aliphatic carboxylic acids is 2. The van der Waals surface area contributed by atoms with E-state index >= 15 is 0 Å². The first-order valence-corrected chi connectivity index (χ1v) is 7.28. The molecular weight excluding hydrogens is 547 g/mol. The third-order valence-corrected chi connectivity index (χ3v) is 0.986. The Morgan fingerprint density at radius 2 is 1.13 bits per heavy atom. The van der Waals surface area contributed by atoms with Crippen LogP contribution in [0.3, 0.4) is 0 Å². The summed E-state index contributed by atoms with van der Waals surface area (Å²) in [6, 6.07) is -1.06. The SMILES string of the molecule is NC(=S)[S-].NC(=S)[S-].NC(=S)[S-].N[C@@H](CCC(=O)O)C(=O)O.[La+3]. The van der Waals surface area contributed by atoms with Gasteiger partial charge < -0.3 is 108 Å². The van der Waals surface area contributed by atoms with Crippen molar-refractivity contribution in [3.05, 3.63) is 0 Å². The smallest absolute Gasteiger partial charge is 0.481 e. The first-order valence-electron chi connectivity index (χ1n) is 4.83. The summed E-state index contributed by atoms with van der Waals surface area (Å²) >= 11 is 24.8. The number of nitrogens with two attached hydrogens (primary N) is 4. The van der Waals surface area contributed by atoms with Crippen molar-refractivity contribution in [2.24, 2.45) is 22.9 Å². The van der Waals surface area contributed by atoms with E-state index in [2.05, 4.69) is 91.7 Å². The zero-order valence-electron chi connectivity index (χ0n) is 11.5. The van der Waals surface area contributed by atoms with Crippen molar-refractivity contribution in [3.8, 4) is 0 Å². The molecule has 0 aromatic heterocycles. The van der Waals surface area contributed by atoms with Gasteiger partial charge in [-0.25, -0.2) is 0 Å². The number of carboxylic acids is 2. The molecule has 1 atom stereocenters. The van der Waals surface area contributed by atoms with Gasteiger partial charge in [-0.2, -0.15) is 0 Å².